The molecule has 1 aromatic rings. The first kappa shape index (κ1) is 13.0. The van der Waals surface area contributed by atoms with Crippen molar-refractivity contribution in [3.8, 4) is 5.75 Å². The molecule has 0 aliphatic carbocycles. The Morgan fingerprint density at radius 2 is 1.94 bits per heavy atom. The minimum Gasteiger partial charge on any atom is -0.497 e. The summed E-state index contributed by atoms with van der Waals surface area (Å²) in [5.74, 6) is 7.03. The van der Waals surface area contributed by atoms with Crippen LogP contribution in [-0.2, 0) is 0 Å². The summed E-state index contributed by atoms with van der Waals surface area (Å²) < 4.78 is 5.14. The normalized spacial score (nSPS) is 14.5. The molecule has 0 aliphatic rings. The highest BCUT2D eigenvalue weighted by Gasteiger charge is 2.16. The molecule has 1 rings (SSSR count). The van der Waals surface area contributed by atoms with Crippen molar-refractivity contribution < 1.29 is 4.74 Å². The molecule has 3 N–H and O–H groups in total. The Kier molecular flexibility index (Phi) is 5.29. The molecule has 2 unspecified atom stereocenters. The number of nitrogens with two attached hydrogens (primary N) is 1. The van der Waals surface area contributed by atoms with Gasteiger partial charge in [-0.1, -0.05) is 32.4 Å². The molecule has 2 atom stereocenters. The second kappa shape index (κ2) is 6.51. The van der Waals surface area contributed by atoms with E-state index in [1.54, 1.807) is 7.11 Å². The summed E-state index contributed by atoms with van der Waals surface area (Å²) in [5.41, 5.74) is 4.11. The van der Waals surface area contributed by atoms with Crippen LogP contribution in [-0.4, -0.2) is 7.11 Å². The van der Waals surface area contributed by atoms with Gasteiger partial charge in [-0.15, -0.1) is 0 Å². The lowest BCUT2D eigenvalue weighted by molar-refractivity contribution is 0.367. The maximum absolute atomic E-state index is 5.63. The molecule has 3 nitrogen and oxygen atoms in total. The third-order valence-electron chi connectivity index (χ3n) is 2.97. The van der Waals surface area contributed by atoms with Crippen LogP contribution in [0.3, 0.4) is 0 Å². The molecule has 0 bridgehead atoms. The van der Waals surface area contributed by atoms with Gasteiger partial charge in [-0.25, -0.2) is 0 Å². The summed E-state index contributed by atoms with van der Waals surface area (Å²) in [6.45, 7) is 4.41. The van der Waals surface area contributed by atoms with Gasteiger partial charge in [0.25, 0.3) is 0 Å². The minimum atomic E-state index is 0.214. The fourth-order valence-electron chi connectivity index (χ4n) is 2.02. The molecule has 0 saturated carbocycles. The maximum atomic E-state index is 5.63. The van der Waals surface area contributed by atoms with E-state index in [2.05, 4.69) is 31.4 Å². The lowest BCUT2D eigenvalue weighted by Gasteiger charge is -2.23. The number of benzene rings is 1. The molecular formula is C13H22N2O. The van der Waals surface area contributed by atoms with Crippen LogP contribution in [0.1, 0.15) is 38.3 Å². The van der Waals surface area contributed by atoms with Crippen molar-refractivity contribution >= 4 is 0 Å². The molecule has 1 aromatic carbocycles. The summed E-state index contributed by atoms with van der Waals surface area (Å²) in [6, 6.07) is 8.28. The number of methoxy groups -OCH3 is 1. The zero-order valence-electron chi connectivity index (χ0n) is 10.4. The average molecular weight is 222 g/mol. The van der Waals surface area contributed by atoms with Gasteiger partial charge in [0.2, 0.25) is 0 Å². The number of hydrogen-bond donors (Lipinski definition) is 2. The van der Waals surface area contributed by atoms with Crippen molar-refractivity contribution in [3.63, 3.8) is 0 Å². The van der Waals surface area contributed by atoms with Gasteiger partial charge in [-0.2, -0.15) is 0 Å². The molecule has 0 spiro atoms. The van der Waals surface area contributed by atoms with Gasteiger partial charge in [0, 0.05) is 6.04 Å². The molecule has 90 valence electrons. The Morgan fingerprint density at radius 3 is 2.38 bits per heavy atom. The van der Waals surface area contributed by atoms with Gasteiger partial charge < -0.3 is 4.74 Å². The van der Waals surface area contributed by atoms with Gasteiger partial charge in [0.15, 0.2) is 0 Å². The predicted octanol–water partition coefficient (Wildman–Crippen LogP) is 2.64. The first-order chi connectivity index (χ1) is 7.72. The van der Waals surface area contributed by atoms with E-state index in [0.29, 0.717) is 5.92 Å². The van der Waals surface area contributed by atoms with Crippen molar-refractivity contribution in [1.82, 2.24) is 5.43 Å². The van der Waals surface area contributed by atoms with Crippen molar-refractivity contribution in [2.24, 2.45) is 11.8 Å². The molecule has 0 saturated heterocycles. The Balaban J connectivity index is 2.78. The summed E-state index contributed by atoms with van der Waals surface area (Å²) in [7, 11) is 1.67. The van der Waals surface area contributed by atoms with E-state index in [9.17, 15) is 0 Å². The topological polar surface area (TPSA) is 47.3 Å². The summed E-state index contributed by atoms with van der Waals surface area (Å²) in [4.78, 5) is 0. The standard InChI is InChI=1S/C13H22N2O/c1-4-5-10(2)13(15-14)11-6-8-12(16-3)9-7-11/h6-10,13,15H,4-5,14H2,1-3H3. The zero-order valence-corrected chi connectivity index (χ0v) is 10.4. The minimum absolute atomic E-state index is 0.214. The monoisotopic (exact) mass is 222 g/mol. The Hall–Kier alpha value is -1.06. The molecule has 0 fully saturated rings. The Bertz CT molecular complexity index is 297. The highest BCUT2D eigenvalue weighted by Crippen LogP contribution is 2.26. The van der Waals surface area contributed by atoms with Gasteiger partial charge in [-0.05, 0) is 30.0 Å². The fourth-order valence-corrected chi connectivity index (χ4v) is 2.02. The fraction of sp³-hybridized carbons (Fsp3) is 0.538. The third kappa shape index (κ3) is 3.22. The number of ether oxygens (including phenoxy) is 1. The first-order valence-electron chi connectivity index (χ1n) is 5.83. The lowest BCUT2D eigenvalue weighted by Crippen LogP contribution is -2.32. The third-order valence-corrected chi connectivity index (χ3v) is 2.97. The second-order valence-corrected chi connectivity index (χ2v) is 4.18. The van der Waals surface area contributed by atoms with Crippen molar-refractivity contribution in [3.05, 3.63) is 29.8 Å². The number of hydrazine groups is 1. The van der Waals surface area contributed by atoms with Gasteiger partial charge in [-0.3, -0.25) is 11.3 Å². The summed E-state index contributed by atoms with van der Waals surface area (Å²) >= 11 is 0. The molecule has 16 heavy (non-hydrogen) atoms. The largest absolute Gasteiger partial charge is 0.497 e. The van der Waals surface area contributed by atoms with E-state index in [0.717, 1.165) is 5.75 Å². The SMILES string of the molecule is CCCC(C)C(NN)c1ccc(OC)cc1. The summed E-state index contributed by atoms with van der Waals surface area (Å²) in [6.07, 6.45) is 2.34. The van der Waals surface area contributed by atoms with Gasteiger partial charge in [0.05, 0.1) is 7.11 Å². The zero-order chi connectivity index (χ0) is 12.0. The summed E-state index contributed by atoms with van der Waals surface area (Å²) in [5, 5.41) is 0. The van der Waals surface area contributed by atoms with E-state index in [-0.39, 0.29) is 6.04 Å². The molecule has 3 heteroatoms. The van der Waals surface area contributed by atoms with Gasteiger partial charge in [0.1, 0.15) is 5.75 Å². The van der Waals surface area contributed by atoms with E-state index in [1.807, 2.05) is 12.1 Å². The number of rotatable bonds is 6. The van der Waals surface area contributed by atoms with E-state index < -0.39 is 0 Å². The van der Waals surface area contributed by atoms with E-state index >= 15 is 0 Å². The van der Waals surface area contributed by atoms with Crippen molar-refractivity contribution in [2.75, 3.05) is 7.11 Å². The van der Waals surface area contributed by atoms with Crippen LogP contribution in [0.5, 0.6) is 5.75 Å². The highest BCUT2D eigenvalue weighted by atomic mass is 16.5. The molecule has 0 aliphatic heterocycles. The van der Waals surface area contributed by atoms with Crippen molar-refractivity contribution in [1.29, 1.82) is 0 Å². The second-order valence-electron chi connectivity index (χ2n) is 4.18. The lowest BCUT2D eigenvalue weighted by atomic mass is 9.91. The van der Waals surface area contributed by atoms with Crippen LogP contribution in [0.4, 0.5) is 0 Å². The van der Waals surface area contributed by atoms with Crippen LogP contribution in [0, 0.1) is 5.92 Å². The number of nitrogens with one attached hydrogen (secondary N) is 1. The molecular weight excluding hydrogens is 200 g/mol. The maximum Gasteiger partial charge on any atom is 0.118 e. The van der Waals surface area contributed by atoms with E-state index in [4.69, 9.17) is 10.6 Å². The Labute approximate surface area is 98.0 Å². The molecule has 0 amide bonds. The van der Waals surface area contributed by atoms with Gasteiger partial charge >= 0.3 is 0 Å². The smallest absolute Gasteiger partial charge is 0.118 e. The highest BCUT2D eigenvalue weighted by molar-refractivity contribution is 5.29. The van der Waals surface area contributed by atoms with E-state index in [1.165, 1.54) is 18.4 Å². The first-order valence-corrected chi connectivity index (χ1v) is 5.83. The van der Waals surface area contributed by atoms with Crippen LogP contribution in [0.2, 0.25) is 0 Å². The molecule has 0 heterocycles. The predicted molar refractivity (Wildman–Crippen MR) is 67.1 cm³/mol. The molecule has 0 radical (unpaired) electrons. The van der Waals surface area contributed by atoms with Crippen LogP contribution >= 0.6 is 0 Å². The molecule has 0 aromatic heterocycles. The van der Waals surface area contributed by atoms with Crippen LogP contribution in [0.25, 0.3) is 0 Å². The van der Waals surface area contributed by atoms with Crippen LogP contribution in [0.15, 0.2) is 24.3 Å². The number of hydrogen-bond acceptors (Lipinski definition) is 3. The quantitative estimate of drug-likeness (QED) is 0.574. The Morgan fingerprint density at radius 1 is 1.31 bits per heavy atom. The van der Waals surface area contributed by atoms with Crippen molar-refractivity contribution in [2.45, 2.75) is 32.7 Å². The van der Waals surface area contributed by atoms with Crippen LogP contribution < -0.4 is 16.0 Å². The average Bonchev–Trinajstić information content (AvgIpc) is 2.31.